The third-order valence-corrected chi connectivity index (χ3v) is 3.27. The third kappa shape index (κ3) is 2.87. The number of hydrogen-bond acceptors (Lipinski definition) is 3. The number of nitrogens with two attached hydrogens (primary N) is 1. The molecule has 0 saturated carbocycles. The van der Waals surface area contributed by atoms with Gasteiger partial charge in [-0.1, -0.05) is 17.7 Å². The van der Waals surface area contributed by atoms with Crippen molar-refractivity contribution >= 4 is 11.8 Å². The Hall–Kier alpha value is -1.26. The molecule has 3 N–H and O–H groups in total. The predicted octanol–water partition coefficient (Wildman–Crippen LogP) is 2.47. The summed E-state index contributed by atoms with van der Waals surface area (Å²) in [5, 5.41) is 0. The first-order valence-electron chi connectivity index (χ1n) is 5.20. The summed E-state index contributed by atoms with van der Waals surface area (Å²) in [7, 11) is 0. The average Bonchev–Trinajstić information content (AvgIpc) is 2.74. The maximum Gasteiger partial charge on any atom is 0.116 e. The first-order chi connectivity index (χ1) is 7.78. The van der Waals surface area contributed by atoms with E-state index in [0.717, 1.165) is 17.3 Å². The molecule has 2 aromatic rings. The van der Waals surface area contributed by atoms with E-state index >= 15 is 0 Å². The highest BCUT2D eigenvalue weighted by molar-refractivity contribution is 7.98. The molecule has 4 heteroatoms. The molecule has 0 bridgehead atoms. The Balaban J connectivity index is 1.96. The van der Waals surface area contributed by atoms with Gasteiger partial charge in [-0.3, -0.25) is 0 Å². The van der Waals surface area contributed by atoms with Gasteiger partial charge in [-0.25, -0.2) is 4.98 Å². The van der Waals surface area contributed by atoms with E-state index in [1.807, 2.05) is 0 Å². The summed E-state index contributed by atoms with van der Waals surface area (Å²) in [6.07, 6.45) is 1.80. The van der Waals surface area contributed by atoms with Crippen molar-refractivity contribution in [1.82, 2.24) is 9.97 Å². The number of aryl methyl sites for hydroxylation is 1. The minimum Gasteiger partial charge on any atom is -0.344 e. The largest absolute Gasteiger partial charge is 0.344 e. The molecule has 0 aliphatic heterocycles. The number of aromatic amines is 1. The summed E-state index contributed by atoms with van der Waals surface area (Å²) in [5.74, 6) is 1.83. The lowest BCUT2D eigenvalue weighted by Gasteiger charge is -2.00. The highest BCUT2D eigenvalue weighted by Crippen LogP contribution is 2.22. The van der Waals surface area contributed by atoms with Gasteiger partial charge in [0, 0.05) is 23.3 Å². The molecule has 1 aromatic heterocycles. The smallest absolute Gasteiger partial charge is 0.116 e. The Kier molecular flexibility index (Phi) is 3.64. The van der Waals surface area contributed by atoms with Gasteiger partial charge < -0.3 is 10.7 Å². The van der Waals surface area contributed by atoms with Gasteiger partial charge in [0.05, 0.1) is 5.75 Å². The average molecular weight is 233 g/mol. The zero-order valence-electron chi connectivity index (χ0n) is 9.23. The van der Waals surface area contributed by atoms with Crippen molar-refractivity contribution < 1.29 is 0 Å². The fourth-order valence-electron chi connectivity index (χ4n) is 1.44. The number of rotatable bonds is 4. The summed E-state index contributed by atoms with van der Waals surface area (Å²) in [4.78, 5) is 8.73. The lowest BCUT2D eigenvalue weighted by atomic mass is 10.2. The second-order valence-electron chi connectivity index (χ2n) is 3.66. The van der Waals surface area contributed by atoms with Crippen LogP contribution >= 0.6 is 11.8 Å². The molecular weight excluding hydrogens is 218 g/mol. The maximum absolute atomic E-state index is 5.51. The Morgan fingerprint density at radius 2 is 2.31 bits per heavy atom. The number of nitrogens with zero attached hydrogens (tertiary/aromatic N) is 1. The van der Waals surface area contributed by atoms with Crippen LogP contribution in [-0.4, -0.2) is 9.97 Å². The Bertz CT molecular complexity index is 465. The van der Waals surface area contributed by atoms with Gasteiger partial charge in [-0.15, -0.1) is 11.8 Å². The molecule has 0 unspecified atom stereocenters. The molecule has 3 nitrogen and oxygen atoms in total. The van der Waals surface area contributed by atoms with Crippen LogP contribution in [0.4, 0.5) is 0 Å². The van der Waals surface area contributed by atoms with Crippen LogP contribution in [0.3, 0.4) is 0 Å². The molecule has 0 aliphatic carbocycles. The molecule has 0 radical (unpaired) electrons. The first-order valence-corrected chi connectivity index (χ1v) is 6.19. The molecule has 0 saturated heterocycles. The molecule has 0 amide bonds. The van der Waals surface area contributed by atoms with E-state index in [2.05, 4.69) is 41.2 Å². The summed E-state index contributed by atoms with van der Waals surface area (Å²) >= 11 is 1.78. The predicted molar refractivity (Wildman–Crippen MR) is 67.2 cm³/mol. The number of aromatic nitrogens is 2. The molecule has 84 valence electrons. The standard InChI is InChI=1S/C12H15N3S/c1-9-3-2-4-11(5-9)16-8-12-14-7-10(6-13)15-12/h2-5,7H,6,8,13H2,1H3,(H,14,15). The zero-order chi connectivity index (χ0) is 11.4. The van der Waals surface area contributed by atoms with Crippen LogP contribution in [0.1, 0.15) is 17.1 Å². The van der Waals surface area contributed by atoms with Crippen molar-refractivity contribution in [2.45, 2.75) is 24.1 Å². The first kappa shape index (κ1) is 11.2. The quantitative estimate of drug-likeness (QED) is 0.798. The van der Waals surface area contributed by atoms with Gasteiger partial charge in [0.1, 0.15) is 5.82 Å². The molecule has 0 spiro atoms. The minimum atomic E-state index is 0.516. The number of nitrogens with one attached hydrogen (secondary N) is 1. The molecule has 2 rings (SSSR count). The lowest BCUT2D eigenvalue weighted by Crippen LogP contribution is -1.96. The summed E-state index contributed by atoms with van der Waals surface area (Å²) in [6.45, 7) is 2.62. The van der Waals surface area contributed by atoms with Crippen LogP contribution in [0, 0.1) is 6.92 Å². The van der Waals surface area contributed by atoms with E-state index in [0.29, 0.717) is 6.54 Å². The van der Waals surface area contributed by atoms with E-state index in [1.54, 1.807) is 18.0 Å². The molecule has 1 aromatic carbocycles. The van der Waals surface area contributed by atoms with Crippen LogP contribution in [0.2, 0.25) is 0 Å². The van der Waals surface area contributed by atoms with E-state index < -0.39 is 0 Å². The number of imidazole rings is 1. The van der Waals surface area contributed by atoms with Gasteiger partial charge in [-0.2, -0.15) is 0 Å². The molecule has 0 atom stereocenters. The van der Waals surface area contributed by atoms with Crippen molar-refractivity contribution in [2.24, 2.45) is 5.73 Å². The monoisotopic (exact) mass is 233 g/mol. The van der Waals surface area contributed by atoms with Gasteiger partial charge >= 0.3 is 0 Å². The van der Waals surface area contributed by atoms with Crippen LogP contribution < -0.4 is 5.73 Å². The minimum absolute atomic E-state index is 0.516. The number of hydrogen-bond donors (Lipinski definition) is 2. The SMILES string of the molecule is Cc1cccc(SCc2ncc(CN)[nH]2)c1. The number of H-pyrrole nitrogens is 1. The van der Waals surface area contributed by atoms with E-state index in [4.69, 9.17) is 5.73 Å². The second-order valence-corrected chi connectivity index (χ2v) is 4.71. The lowest BCUT2D eigenvalue weighted by molar-refractivity contribution is 0.993. The molecule has 0 aliphatic rings. The van der Waals surface area contributed by atoms with Crippen molar-refractivity contribution in [1.29, 1.82) is 0 Å². The zero-order valence-corrected chi connectivity index (χ0v) is 10.1. The Labute approximate surface area is 99.5 Å². The Morgan fingerprint density at radius 3 is 3.00 bits per heavy atom. The van der Waals surface area contributed by atoms with Crippen molar-refractivity contribution in [2.75, 3.05) is 0 Å². The fourth-order valence-corrected chi connectivity index (χ4v) is 2.33. The van der Waals surface area contributed by atoms with Crippen LogP contribution in [0.25, 0.3) is 0 Å². The van der Waals surface area contributed by atoms with Crippen LogP contribution in [0.5, 0.6) is 0 Å². The van der Waals surface area contributed by atoms with Crippen molar-refractivity contribution in [3.8, 4) is 0 Å². The molecule has 0 fully saturated rings. The maximum atomic E-state index is 5.51. The van der Waals surface area contributed by atoms with Crippen molar-refractivity contribution in [3.63, 3.8) is 0 Å². The molecule has 1 heterocycles. The van der Waals surface area contributed by atoms with Gasteiger partial charge in [0.2, 0.25) is 0 Å². The number of thioether (sulfide) groups is 1. The highest BCUT2D eigenvalue weighted by atomic mass is 32.2. The van der Waals surface area contributed by atoms with E-state index in [9.17, 15) is 0 Å². The van der Waals surface area contributed by atoms with E-state index in [1.165, 1.54) is 10.5 Å². The van der Waals surface area contributed by atoms with Gasteiger partial charge in [-0.05, 0) is 19.1 Å². The highest BCUT2D eigenvalue weighted by Gasteiger charge is 2.00. The fraction of sp³-hybridized carbons (Fsp3) is 0.250. The van der Waals surface area contributed by atoms with Gasteiger partial charge in [0.25, 0.3) is 0 Å². The van der Waals surface area contributed by atoms with Crippen LogP contribution in [-0.2, 0) is 12.3 Å². The van der Waals surface area contributed by atoms with Gasteiger partial charge in [0.15, 0.2) is 0 Å². The summed E-state index contributed by atoms with van der Waals surface area (Å²) in [5.41, 5.74) is 7.78. The molecule has 16 heavy (non-hydrogen) atoms. The van der Waals surface area contributed by atoms with E-state index in [-0.39, 0.29) is 0 Å². The summed E-state index contributed by atoms with van der Waals surface area (Å²) in [6, 6.07) is 8.47. The normalized spacial score (nSPS) is 10.6. The Morgan fingerprint density at radius 1 is 1.44 bits per heavy atom. The second kappa shape index (κ2) is 5.18. The summed E-state index contributed by atoms with van der Waals surface area (Å²) < 4.78 is 0. The third-order valence-electron chi connectivity index (χ3n) is 2.27. The van der Waals surface area contributed by atoms with Crippen LogP contribution in [0.15, 0.2) is 35.4 Å². The van der Waals surface area contributed by atoms with Crippen molar-refractivity contribution in [3.05, 3.63) is 47.5 Å². The molecular formula is C12H15N3S. The topological polar surface area (TPSA) is 54.7 Å². The number of benzene rings is 1.